The van der Waals surface area contributed by atoms with E-state index in [1.807, 2.05) is 13.0 Å². The maximum absolute atomic E-state index is 10.9. The van der Waals surface area contributed by atoms with Crippen LogP contribution in [-0.2, 0) is 0 Å². The second kappa shape index (κ2) is 5.81. The van der Waals surface area contributed by atoms with E-state index in [-0.39, 0.29) is 10.6 Å². The summed E-state index contributed by atoms with van der Waals surface area (Å²) < 4.78 is 0. The van der Waals surface area contributed by atoms with E-state index in [1.165, 1.54) is 19.3 Å². The van der Waals surface area contributed by atoms with Crippen LogP contribution in [0.5, 0.6) is 0 Å². The molecule has 0 bridgehead atoms. The molecule has 0 aromatic heterocycles. The number of hydrogen-bond donors (Lipinski definition) is 1. The lowest BCUT2D eigenvalue weighted by Crippen LogP contribution is -2.30. The Morgan fingerprint density at radius 2 is 1.70 bits per heavy atom. The summed E-state index contributed by atoms with van der Waals surface area (Å²) in [6.45, 7) is 8.34. The molecule has 1 aromatic rings. The predicted octanol–water partition coefficient (Wildman–Crippen LogP) is 4.45. The van der Waals surface area contributed by atoms with Gasteiger partial charge in [-0.2, -0.15) is 0 Å². The van der Waals surface area contributed by atoms with Crippen molar-refractivity contribution in [1.82, 2.24) is 0 Å². The summed E-state index contributed by atoms with van der Waals surface area (Å²) in [5.41, 5.74) is 2.92. The Balaban J connectivity index is 2.17. The van der Waals surface area contributed by atoms with E-state index in [0.29, 0.717) is 6.04 Å². The van der Waals surface area contributed by atoms with Gasteiger partial charge in [0.15, 0.2) is 0 Å². The highest BCUT2D eigenvalue weighted by Gasteiger charge is 2.24. The molecule has 110 valence electrons. The van der Waals surface area contributed by atoms with E-state index in [9.17, 15) is 10.1 Å². The highest BCUT2D eigenvalue weighted by molar-refractivity contribution is 5.59. The first-order valence-electron chi connectivity index (χ1n) is 7.39. The molecule has 1 aliphatic carbocycles. The van der Waals surface area contributed by atoms with E-state index in [2.05, 4.69) is 19.2 Å². The zero-order chi connectivity index (χ0) is 14.9. The summed E-state index contributed by atoms with van der Waals surface area (Å²) in [4.78, 5) is 10.6. The normalized spacial score (nSPS) is 26.3. The van der Waals surface area contributed by atoms with E-state index in [0.717, 1.165) is 28.7 Å². The van der Waals surface area contributed by atoms with Crippen LogP contribution in [0, 0.1) is 35.8 Å². The quantitative estimate of drug-likeness (QED) is 0.655. The Kier molecular flexibility index (Phi) is 4.31. The maximum Gasteiger partial charge on any atom is 0.272 e. The molecular formula is C16H24N2O2. The largest absolute Gasteiger partial charge is 0.382 e. The van der Waals surface area contributed by atoms with Crippen LogP contribution in [0.3, 0.4) is 0 Å². The van der Waals surface area contributed by atoms with Gasteiger partial charge in [0.2, 0.25) is 0 Å². The van der Waals surface area contributed by atoms with Crippen molar-refractivity contribution in [3.8, 4) is 0 Å². The monoisotopic (exact) mass is 276 g/mol. The number of nitrogens with one attached hydrogen (secondary N) is 1. The Morgan fingerprint density at radius 1 is 1.10 bits per heavy atom. The lowest BCUT2D eigenvalue weighted by molar-refractivity contribution is -0.385. The molecule has 4 nitrogen and oxygen atoms in total. The van der Waals surface area contributed by atoms with Crippen LogP contribution in [0.1, 0.15) is 44.2 Å². The molecule has 0 saturated heterocycles. The third kappa shape index (κ3) is 3.30. The molecule has 0 aliphatic heterocycles. The molecule has 2 atom stereocenters. The fourth-order valence-electron chi connectivity index (χ4n) is 3.44. The third-order valence-electron chi connectivity index (χ3n) is 4.28. The van der Waals surface area contributed by atoms with Crippen LogP contribution in [-0.4, -0.2) is 11.0 Å². The van der Waals surface area contributed by atoms with E-state index < -0.39 is 0 Å². The zero-order valence-electron chi connectivity index (χ0n) is 12.8. The van der Waals surface area contributed by atoms with Gasteiger partial charge in [-0.15, -0.1) is 0 Å². The molecule has 0 spiro atoms. The minimum absolute atomic E-state index is 0.207. The highest BCUT2D eigenvalue weighted by Crippen LogP contribution is 2.32. The van der Waals surface area contributed by atoms with Crippen molar-refractivity contribution in [1.29, 1.82) is 0 Å². The topological polar surface area (TPSA) is 55.2 Å². The summed E-state index contributed by atoms with van der Waals surface area (Å²) in [6.07, 6.45) is 3.66. The Morgan fingerprint density at radius 3 is 2.25 bits per heavy atom. The Hall–Kier alpha value is -1.58. The molecule has 1 aromatic carbocycles. The number of nitrogens with zero attached hydrogens (tertiary/aromatic N) is 1. The van der Waals surface area contributed by atoms with E-state index in [1.54, 1.807) is 13.0 Å². The standard InChI is InChI=1S/C16H24N2O2/c1-10-5-11(2)7-14(6-10)17-15-8-13(4)16(18(19)20)9-12(15)3/h8-11,14,17H,5-7H2,1-4H3. The van der Waals surface area contributed by atoms with Crippen LogP contribution in [0.25, 0.3) is 0 Å². The number of anilines is 1. The Bertz CT molecular complexity index is 503. The molecule has 2 rings (SSSR count). The number of aryl methyl sites for hydroxylation is 2. The fraction of sp³-hybridized carbons (Fsp3) is 0.625. The minimum atomic E-state index is -0.309. The van der Waals surface area contributed by atoms with Gasteiger partial charge >= 0.3 is 0 Å². The molecule has 2 unspecified atom stereocenters. The van der Waals surface area contributed by atoms with Crippen molar-refractivity contribution in [2.24, 2.45) is 11.8 Å². The molecule has 1 fully saturated rings. The van der Waals surface area contributed by atoms with Gasteiger partial charge in [-0.25, -0.2) is 0 Å². The van der Waals surface area contributed by atoms with Crippen LogP contribution >= 0.6 is 0 Å². The Labute approximate surface area is 120 Å². The van der Waals surface area contributed by atoms with Gasteiger partial charge < -0.3 is 5.32 Å². The van der Waals surface area contributed by atoms with Gasteiger partial charge in [-0.3, -0.25) is 10.1 Å². The summed E-state index contributed by atoms with van der Waals surface area (Å²) >= 11 is 0. The van der Waals surface area contributed by atoms with Crippen LogP contribution in [0.2, 0.25) is 0 Å². The number of nitro groups is 1. The predicted molar refractivity (Wildman–Crippen MR) is 82.2 cm³/mol. The molecule has 4 heteroatoms. The molecule has 1 aliphatic rings. The first kappa shape index (κ1) is 14.8. The van der Waals surface area contributed by atoms with Crippen molar-refractivity contribution >= 4 is 11.4 Å². The lowest BCUT2D eigenvalue weighted by Gasteiger charge is -2.33. The highest BCUT2D eigenvalue weighted by atomic mass is 16.6. The van der Waals surface area contributed by atoms with Gasteiger partial charge in [0, 0.05) is 23.4 Å². The first-order chi connectivity index (χ1) is 9.36. The van der Waals surface area contributed by atoms with Crippen molar-refractivity contribution in [2.75, 3.05) is 5.32 Å². The number of nitro benzene ring substituents is 1. The number of hydrogen-bond acceptors (Lipinski definition) is 3. The summed E-state index contributed by atoms with van der Waals surface area (Å²) in [6, 6.07) is 4.07. The minimum Gasteiger partial charge on any atom is -0.382 e. The van der Waals surface area contributed by atoms with Crippen molar-refractivity contribution in [3.05, 3.63) is 33.4 Å². The zero-order valence-corrected chi connectivity index (χ0v) is 12.8. The van der Waals surface area contributed by atoms with E-state index >= 15 is 0 Å². The molecule has 0 amide bonds. The lowest BCUT2D eigenvalue weighted by atomic mass is 9.80. The van der Waals surface area contributed by atoms with Crippen LogP contribution in [0.4, 0.5) is 11.4 Å². The third-order valence-corrected chi connectivity index (χ3v) is 4.28. The molecule has 0 heterocycles. The first-order valence-corrected chi connectivity index (χ1v) is 7.39. The molecule has 1 saturated carbocycles. The SMILES string of the molecule is Cc1cc([N+](=O)[O-])c(C)cc1NC1CC(C)CC(C)C1. The van der Waals surface area contributed by atoms with Crippen LogP contribution in [0.15, 0.2) is 12.1 Å². The molecule has 0 radical (unpaired) electrons. The average Bonchev–Trinajstić information content (AvgIpc) is 2.31. The van der Waals surface area contributed by atoms with Crippen molar-refractivity contribution in [2.45, 2.75) is 53.0 Å². The molecular weight excluding hydrogens is 252 g/mol. The van der Waals surface area contributed by atoms with Gasteiger partial charge in [0.1, 0.15) is 0 Å². The number of benzene rings is 1. The summed E-state index contributed by atoms with van der Waals surface area (Å²) in [7, 11) is 0. The van der Waals surface area contributed by atoms with Gasteiger partial charge in [-0.05, 0) is 56.6 Å². The second-order valence-corrected chi connectivity index (χ2v) is 6.47. The van der Waals surface area contributed by atoms with Crippen LogP contribution < -0.4 is 5.32 Å². The average molecular weight is 276 g/mol. The van der Waals surface area contributed by atoms with Gasteiger partial charge in [0.25, 0.3) is 5.69 Å². The maximum atomic E-state index is 10.9. The molecule has 1 N–H and O–H groups in total. The van der Waals surface area contributed by atoms with Crippen molar-refractivity contribution < 1.29 is 4.92 Å². The number of rotatable bonds is 3. The van der Waals surface area contributed by atoms with Gasteiger partial charge in [0.05, 0.1) is 4.92 Å². The summed E-state index contributed by atoms with van der Waals surface area (Å²) in [5.74, 6) is 1.49. The summed E-state index contributed by atoms with van der Waals surface area (Å²) in [5, 5.41) is 14.5. The van der Waals surface area contributed by atoms with Gasteiger partial charge in [-0.1, -0.05) is 13.8 Å². The van der Waals surface area contributed by atoms with E-state index in [4.69, 9.17) is 0 Å². The second-order valence-electron chi connectivity index (χ2n) is 6.47. The molecule has 20 heavy (non-hydrogen) atoms. The smallest absolute Gasteiger partial charge is 0.272 e. The fourth-order valence-corrected chi connectivity index (χ4v) is 3.44. The van der Waals surface area contributed by atoms with Crippen molar-refractivity contribution in [3.63, 3.8) is 0 Å².